The Morgan fingerprint density at radius 1 is 1.50 bits per heavy atom. The van der Waals surface area contributed by atoms with Crippen molar-refractivity contribution in [3.8, 4) is 0 Å². The molecule has 0 aliphatic carbocycles. The summed E-state index contributed by atoms with van der Waals surface area (Å²) in [6.07, 6.45) is 0.921. The third-order valence-corrected chi connectivity index (χ3v) is 2.43. The van der Waals surface area contributed by atoms with E-state index < -0.39 is 11.6 Å². The Morgan fingerprint density at radius 3 is 2.75 bits per heavy atom. The van der Waals surface area contributed by atoms with Crippen molar-refractivity contribution in [2.24, 2.45) is 0 Å². The number of nitrogens with one attached hydrogen (secondary N) is 1. The molecule has 1 atom stereocenters. The number of carbonyl (C=O) groups is 1. The standard InChI is InChI=1S/C12H17NO3/c1-3-9-5-4-6-10(7-9)13-8-12(2,16)11(14)15/h4-7,13,16H,3,8H2,1-2H3,(H,14,15). The molecule has 4 nitrogen and oxygen atoms in total. The second-order valence-corrected chi connectivity index (χ2v) is 3.99. The Kier molecular flexibility index (Phi) is 3.90. The zero-order valence-electron chi connectivity index (χ0n) is 9.53. The summed E-state index contributed by atoms with van der Waals surface area (Å²) in [5.41, 5.74) is 0.239. The Bertz CT molecular complexity index is 374. The molecule has 0 aliphatic heterocycles. The molecule has 1 rings (SSSR count). The molecular weight excluding hydrogens is 206 g/mol. The predicted octanol–water partition coefficient (Wildman–Crippen LogP) is 1.50. The molecule has 0 saturated carbocycles. The van der Waals surface area contributed by atoms with Gasteiger partial charge in [0.25, 0.3) is 0 Å². The molecule has 0 radical (unpaired) electrons. The van der Waals surface area contributed by atoms with Crippen molar-refractivity contribution in [2.75, 3.05) is 11.9 Å². The van der Waals surface area contributed by atoms with Crippen LogP contribution < -0.4 is 5.32 Å². The molecule has 0 amide bonds. The summed E-state index contributed by atoms with van der Waals surface area (Å²) in [7, 11) is 0. The van der Waals surface area contributed by atoms with Gasteiger partial charge in [0.2, 0.25) is 0 Å². The fraction of sp³-hybridized carbons (Fsp3) is 0.417. The summed E-state index contributed by atoms with van der Waals surface area (Å²) in [6.45, 7) is 3.30. The molecule has 0 saturated heterocycles. The smallest absolute Gasteiger partial charge is 0.337 e. The molecule has 1 aromatic rings. The Hall–Kier alpha value is -1.55. The first-order chi connectivity index (χ1) is 7.45. The van der Waals surface area contributed by atoms with Crippen LogP contribution in [0.1, 0.15) is 19.4 Å². The minimum absolute atomic E-state index is 0.0184. The Morgan fingerprint density at radius 2 is 2.19 bits per heavy atom. The quantitative estimate of drug-likeness (QED) is 0.707. The largest absolute Gasteiger partial charge is 0.479 e. The molecule has 88 valence electrons. The van der Waals surface area contributed by atoms with Gasteiger partial charge < -0.3 is 15.5 Å². The second-order valence-electron chi connectivity index (χ2n) is 3.99. The summed E-state index contributed by atoms with van der Waals surface area (Å²) in [5, 5.41) is 21.2. The van der Waals surface area contributed by atoms with Gasteiger partial charge in [0.1, 0.15) is 0 Å². The van der Waals surface area contributed by atoms with Gasteiger partial charge in [-0.3, -0.25) is 0 Å². The molecule has 1 unspecified atom stereocenters. The number of rotatable bonds is 5. The summed E-state index contributed by atoms with van der Waals surface area (Å²) in [5.74, 6) is -1.23. The fourth-order valence-corrected chi connectivity index (χ4v) is 1.25. The number of hydrogen-bond donors (Lipinski definition) is 3. The van der Waals surface area contributed by atoms with E-state index in [1.54, 1.807) is 0 Å². The van der Waals surface area contributed by atoms with Crippen LogP contribution in [0.25, 0.3) is 0 Å². The van der Waals surface area contributed by atoms with Crippen LogP contribution in [0.3, 0.4) is 0 Å². The lowest BCUT2D eigenvalue weighted by Gasteiger charge is -2.19. The highest BCUT2D eigenvalue weighted by Crippen LogP contribution is 2.13. The lowest BCUT2D eigenvalue weighted by molar-refractivity contribution is -0.155. The van der Waals surface area contributed by atoms with E-state index in [2.05, 4.69) is 5.32 Å². The molecule has 0 bridgehead atoms. The average molecular weight is 223 g/mol. The summed E-state index contributed by atoms with van der Waals surface area (Å²) in [6, 6.07) is 7.69. The van der Waals surface area contributed by atoms with E-state index >= 15 is 0 Å². The minimum atomic E-state index is -1.75. The molecule has 0 heterocycles. The van der Waals surface area contributed by atoms with Crippen LogP contribution in [0.4, 0.5) is 5.69 Å². The monoisotopic (exact) mass is 223 g/mol. The van der Waals surface area contributed by atoms with Crippen LogP contribution in [-0.4, -0.2) is 28.3 Å². The maximum absolute atomic E-state index is 10.7. The maximum atomic E-state index is 10.7. The second kappa shape index (κ2) is 4.99. The first kappa shape index (κ1) is 12.5. The van der Waals surface area contributed by atoms with Crippen LogP contribution in [0.15, 0.2) is 24.3 Å². The highest BCUT2D eigenvalue weighted by atomic mass is 16.4. The van der Waals surface area contributed by atoms with Gasteiger partial charge in [0.15, 0.2) is 5.60 Å². The molecule has 0 aliphatic rings. The lowest BCUT2D eigenvalue weighted by atomic mass is 10.1. The van der Waals surface area contributed by atoms with Crippen LogP contribution in [-0.2, 0) is 11.2 Å². The van der Waals surface area contributed by atoms with Crippen LogP contribution in [0, 0.1) is 0 Å². The Balaban J connectivity index is 2.64. The van der Waals surface area contributed by atoms with E-state index in [1.807, 2.05) is 31.2 Å². The highest BCUT2D eigenvalue weighted by molar-refractivity contribution is 5.77. The number of aryl methyl sites for hydroxylation is 1. The summed E-state index contributed by atoms with van der Waals surface area (Å²) >= 11 is 0. The molecule has 0 aromatic heterocycles. The molecular formula is C12H17NO3. The zero-order valence-corrected chi connectivity index (χ0v) is 9.53. The van der Waals surface area contributed by atoms with Crippen molar-refractivity contribution < 1.29 is 15.0 Å². The number of benzene rings is 1. The lowest BCUT2D eigenvalue weighted by Crippen LogP contribution is -2.41. The molecule has 0 spiro atoms. The van der Waals surface area contributed by atoms with Crippen molar-refractivity contribution in [3.05, 3.63) is 29.8 Å². The molecule has 16 heavy (non-hydrogen) atoms. The Labute approximate surface area is 94.9 Å². The van der Waals surface area contributed by atoms with Crippen LogP contribution >= 0.6 is 0 Å². The van der Waals surface area contributed by atoms with Crippen molar-refractivity contribution in [2.45, 2.75) is 25.9 Å². The third kappa shape index (κ3) is 3.24. The van der Waals surface area contributed by atoms with Crippen molar-refractivity contribution in [3.63, 3.8) is 0 Å². The van der Waals surface area contributed by atoms with Gasteiger partial charge >= 0.3 is 5.97 Å². The number of carboxylic acid groups (broad SMARTS) is 1. The molecule has 0 fully saturated rings. The number of aliphatic hydroxyl groups is 1. The first-order valence-corrected chi connectivity index (χ1v) is 5.24. The topological polar surface area (TPSA) is 69.6 Å². The van der Waals surface area contributed by atoms with Gasteiger partial charge in [-0.15, -0.1) is 0 Å². The summed E-state index contributed by atoms with van der Waals surface area (Å²) < 4.78 is 0. The van der Waals surface area contributed by atoms with Crippen LogP contribution in [0.5, 0.6) is 0 Å². The average Bonchev–Trinajstić information content (AvgIpc) is 2.26. The van der Waals surface area contributed by atoms with Crippen molar-refractivity contribution >= 4 is 11.7 Å². The van der Waals surface area contributed by atoms with E-state index in [-0.39, 0.29) is 6.54 Å². The number of carboxylic acids is 1. The summed E-state index contributed by atoms with van der Waals surface area (Å²) in [4.78, 5) is 10.7. The third-order valence-electron chi connectivity index (χ3n) is 2.43. The maximum Gasteiger partial charge on any atom is 0.337 e. The normalized spacial score (nSPS) is 14.2. The van der Waals surface area contributed by atoms with Gasteiger partial charge in [-0.1, -0.05) is 19.1 Å². The fourth-order valence-electron chi connectivity index (χ4n) is 1.25. The van der Waals surface area contributed by atoms with Gasteiger partial charge in [0, 0.05) is 5.69 Å². The number of aliphatic carboxylic acids is 1. The highest BCUT2D eigenvalue weighted by Gasteiger charge is 2.29. The minimum Gasteiger partial charge on any atom is -0.479 e. The van der Waals surface area contributed by atoms with Gasteiger partial charge in [-0.05, 0) is 31.0 Å². The predicted molar refractivity (Wildman–Crippen MR) is 62.6 cm³/mol. The van der Waals surface area contributed by atoms with Crippen molar-refractivity contribution in [1.29, 1.82) is 0 Å². The van der Waals surface area contributed by atoms with Gasteiger partial charge in [0.05, 0.1) is 6.54 Å². The van der Waals surface area contributed by atoms with E-state index in [9.17, 15) is 9.90 Å². The number of anilines is 1. The van der Waals surface area contributed by atoms with E-state index in [4.69, 9.17) is 5.11 Å². The first-order valence-electron chi connectivity index (χ1n) is 5.24. The van der Waals surface area contributed by atoms with Gasteiger partial charge in [-0.2, -0.15) is 0 Å². The molecule has 1 aromatic carbocycles. The van der Waals surface area contributed by atoms with E-state index in [0.717, 1.165) is 12.1 Å². The van der Waals surface area contributed by atoms with E-state index in [0.29, 0.717) is 0 Å². The zero-order chi connectivity index (χ0) is 12.2. The molecule has 4 heteroatoms. The van der Waals surface area contributed by atoms with Crippen LogP contribution in [0.2, 0.25) is 0 Å². The number of hydrogen-bond acceptors (Lipinski definition) is 3. The SMILES string of the molecule is CCc1cccc(NCC(C)(O)C(=O)O)c1. The molecule has 3 N–H and O–H groups in total. The van der Waals surface area contributed by atoms with Gasteiger partial charge in [-0.25, -0.2) is 4.79 Å². The van der Waals surface area contributed by atoms with E-state index in [1.165, 1.54) is 12.5 Å². The van der Waals surface area contributed by atoms with Crippen molar-refractivity contribution in [1.82, 2.24) is 0 Å².